The molecule has 0 aliphatic carbocycles. The topological polar surface area (TPSA) is 17.1 Å². The number of Topliss-reactive ketones (excluding diaryl/α,β-unsaturated/α-hetero) is 1. The third-order valence-corrected chi connectivity index (χ3v) is 2.78. The predicted octanol–water partition coefficient (Wildman–Crippen LogP) is 3.29. The molecule has 0 aromatic heterocycles. The summed E-state index contributed by atoms with van der Waals surface area (Å²) in [4.78, 5) is 12.0. The number of hydrogen-bond acceptors (Lipinski definition) is 2. The van der Waals surface area contributed by atoms with E-state index in [1.807, 2.05) is 13.0 Å². The maximum Gasteiger partial charge on any atom is 0.143 e. The van der Waals surface area contributed by atoms with Crippen molar-refractivity contribution in [2.45, 2.75) is 24.7 Å². The molecule has 1 rings (SSSR count). The summed E-state index contributed by atoms with van der Waals surface area (Å²) in [6.07, 6.45) is 1.49. The molecule has 0 atom stereocenters. The van der Waals surface area contributed by atoms with Crippen LogP contribution in [0.5, 0.6) is 0 Å². The largest absolute Gasteiger partial charge is 0.299 e. The van der Waals surface area contributed by atoms with Gasteiger partial charge in [0.05, 0.1) is 5.75 Å². The molecule has 0 amide bonds. The Balaban J connectivity index is 2.41. The Morgan fingerprint density at radius 2 is 2.29 bits per heavy atom. The normalized spacial score (nSPS) is 10.1. The van der Waals surface area contributed by atoms with E-state index in [0.717, 1.165) is 11.3 Å². The van der Waals surface area contributed by atoms with Gasteiger partial charge in [-0.3, -0.25) is 4.79 Å². The number of ketones is 1. The Morgan fingerprint density at radius 1 is 1.50 bits per heavy atom. The van der Waals surface area contributed by atoms with Crippen LogP contribution in [0.1, 0.15) is 19.8 Å². The molecule has 1 aromatic rings. The van der Waals surface area contributed by atoms with Crippen molar-refractivity contribution in [2.75, 3.05) is 5.75 Å². The van der Waals surface area contributed by atoms with Crippen molar-refractivity contribution in [3.8, 4) is 0 Å². The van der Waals surface area contributed by atoms with E-state index in [9.17, 15) is 9.18 Å². The lowest BCUT2D eigenvalue weighted by Gasteiger charge is -2.00. The van der Waals surface area contributed by atoms with Crippen molar-refractivity contribution < 1.29 is 9.18 Å². The molecule has 0 fully saturated rings. The van der Waals surface area contributed by atoms with Gasteiger partial charge in [-0.2, -0.15) is 0 Å². The highest BCUT2D eigenvalue weighted by Gasteiger charge is 2.02. The fourth-order valence-corrected chi connectivity index (χ4v) is 1.91. The maximum absolute atomic E-state index is 12.7. The second-order valence-corrected chi connectivity index (χ2v) is 4.08. The van der Waals surface area contributed by atoms with Gasteiger partial charge in [-0.1, -0.05) is 13.0 Å². The number of rotatable bonds is 5. The number of thioether (sulfide) groups is 1. The van der Waals surface area contributed by atoms with Crippen LogP contribution in [0.25, 0.3) is 0 Å². The van der Waals surface area contributed by atoms with Gasteiger partial charge in [0.1, 0.15) is 11.6 Å². The number of carbonyl (C=O) groups is 1. The molecule has 0 aliphatic heterocycles. The fourth-order valence-electron chi connectivity index (χ4n) is 1.07. The van der Waals surface area contributed by atoms with Crippen molar-refractivity contribution >= 4 is 17.5 Å². The average molecular weight is 212 g/mol. The van der Waals surface area contributed by atoms with E-state index in [0.29, 0.717) is 12.2 Å². The van der Waals surface area contributed by atoms with Gasteiger partial charge in [-0.25, -0.2) is 4.39 Å². The molecule has 0 heterocycles. The van der Waals surface area contributed by atoms with Gasteiger partial charge in [0, 0.05) is 11.3 Å². The first kappa shape index (κ1) is 11.2. The smallest absolute Gasteiger partial charge is 0.143 e. The lowest BCUT2D eigenvalue weighted by atomic mass is 10.3. The Bertz CT molecular complexity index is 312. The molecule has 1 aromatic carbocycles. The van der Waals surface area contributed by atoms with E-state index in [1.54, 1.807) is 6.07 Å². The summed E-state index contributed by atoms with van der Waals surface area (Å²) in [5, 5.41) is 0. The number of halogens is 1. The van der Waals surface area contributed by atoms with Crippen LogP contribution < -0.4 is 0 Å². The van der Waals surface area contributed by atoms with Gasteiger partial charge in [0.2, 0.25) is 0 Å². The third-order valence-electron chi connectivity index (χ3n) is 1.72. The van der Waals surface area contributed by atoms with Crippen molar-refractivity contribution in [2.24, 2.45) is 0 Å². The van der Waals surface area contributed by atoms with E-state index >= 15 is 0 Å². The Kier molecular flexibility index (Phi) is 4.66. The van der Waals surface area contributed by atoms with Gasteiger partial charge in [-0.05, 0) is 24.6 Å². The Morgan fingerprint density at radius 3 is 2.93 bits per heavy atom. The molecule has 3 heteroatoms. The van der Waals surface area contributed by atoms with Crippen LogP contribution in [0.2, 0.25) is 0 Å². The zero-order valence-electron chi connectivity index (χ0n) is 8.13. The highest BCUT2D eigenvalue weighted by molar-refractivity contribution is 8.00. The standard InChI is InChI=1S/C11H13FOS/c1-2-4-10(13)8-14-11-6-3-5-9(12)7-11/h3,5-7H,2,4,8H2,1H3. The van der Waals surface area contributed by atoms with Crippen LogP contribution in [-0.2, 0) is 4.79 Å². The highest BCUT2D eigenvalue weighted by atomic mass is 32.2. The lowest BCUT2D eigenvalue weighted by molar-refractivity contribution is -0.116. The van der Waals surface area contributed by atoms with Crippen LogP contribution in [0.3, 0.4) is 0 Å². The van der Waals surface area contributed by atoms with Crippen molar-refractivity contribution in [3.05, 3.63) is 30.1 Å². The van der Waals surface area contributed by atoms with Crippen molar-refractivity contribution in [1.29, 1.82) is 0 Å². The number of carbonyl (C=O) groups excluding carboxylic acids is 1. The summed E-state index contributed by atoms with van der Waals surface area (Å²) in [5.41, 5.74) is 0. The summed E-state index contributed by atoms with van der Waals surface area (Å²) in [7, 11) is 0. The Hall–Kier alpha value is -0.830. The third kappa shape index (κ3) is 3.92. The van der Waals surface area contributed by atoms with Crippen LogP contribution in [0, 0.1) is 5.82 Å². The minimum absolute atomic E-state index is 0.224. The van der Waals surface area contributed by atoms with E-state index in [4.69, 9.17) is 0 Å². The SMILES string of the molecule is CCCC(=O)CSc1cccc(F)c1. The van der Waals surface area contributed by atoms with Crippen LogP contribution in [0.15, 0.2) is 29.2 Å². The Labute approximate surface area is 87.7 Å². The maximum atomic E-state index is 12.7. The van der Waals surface area contributed by atoms with Gasteiger partial charge >= 0.3 is 0 Å². The molecule has 0 spiro atoms. The predicted molar refractivity (Wildman–Crippen MR) is 57.0 cm³/mol. The first-order valence-corrected chi connectivity index (χ1v) is 5.61. The van der Waals surface area contributed by atoms with E-state index in [2.05, 4.69) is 0 Å². The van der Waals surface area contributed by atoms with Crippen LogP contribution in [-0.4, -0.2) is 11.5 Å². The van der Waals surface area contributed by atoms with E-state index < -0.39 is 0 Å². The zero-order chi connectivity index (χ0) is 10.4. The second-order valence-electron chi connectivity index (χ2n) is 3.03. The molecule has 0 aliphatic rings. The van der Waals surface area contributed by atoms with Crippen LogP contribution in [0.4, 0.5) is 4.39 Å². The summed E-state index contributed by atoms with van der Waals surface area (Å²) < 4.78 is 12.7. The molecule has 76 valence electrons. The number of benzene rings is 1. The first-order valence-electron chi connectivity index (χ1n) is 4.62. The van der Waals surface area contributed by atoms with Gasteiger partial charge < -0.3 is 0 Å². The minimum atomic E-state index is -0.252. The minimum Gasteiger partial charge on any atom is -0.299 e. The second kappa shape index (κ2) is 5.81. The molecule has 0 radical (unpaired) electrons. The monoisotopic (exact) mass is 212 g/mol. The number of hydrogen-bond donors (Lipinski definition) is 0. The molecule has 0 N–H and O–H groups in total. The van der Waals surface area contributed by atoms with E-state index in [-0.39, 0.29) is 11.6 Å². The van der Waals surface area contributed by atoms with Crippen LogP contribution >= 0.6 is 11.8 Å². The molecule has 0 bridgehead atoms. The molecular formula is C11H13FOS. The van der Waals surface area contributed by atoms with Crippen molar-refractivity contribution in [1.82, 2.24) is 0 Å². The summed E-state index contributed by atoms with van der Waals surface area (Å²) in [6.45, 7) is 1.98. The van der Waals surface area contributed by atoms with Gasteiger partial charge in [0.25, 0.3) is 0 Å². The molecule has 0 saturated carbocycles. The molecular weight excluding hydrogens is 199 g/mol. The molecule has 14 heavy (non-hydrogen) atoms. The summed E-state index contributed by atoms with van der Waals surface area (Å²) in [5.74, 6) is 0.414. The van der Waals surface area contributed by atoms with E-state index in [1.165, 1.54) is 23.9 Å². The fraction of sp³-hybridized carbons (Fsp3) is 0.364. The summed E-state index contributed by atoms with van der Waals surface area (Å²) in [6, 6.07) is 6.32. The quantitative estimate of drug-likeness (QED) is 0.697. The molecule has 0 unspecified atom stereocenters. The molecule has 0 saturated heterocycles. The summed E-state index contributed by atoms with van der Waals surface area (Å²) >= 11 is 1.39. The first-order chi connectivity index (χ1) is 6.72. The zero-order valence-corrected chi connectivity index (χ0v) is 8.94. The average Bonchev–Trinajstić information content (AvgIpc) is 2.15. The van der Waals surface area contributed by atoms with Gasteiger partial charge in [-0.15, -0.1) is 11.8 Å². The van der Waals surface area contributed by atoms with Gasteiger partial charge in [0.15, 0.2) is 0 Å². The lowest BCUT2D eigenvalue weighted by Crippen LogP contribution is -1.99. The highest BCUT2D eigenvalue weighted by Crippen LogP contribution is 2.18. The molecule has 1 nitrogen and oxygen atoms in total. The van der Waals surface area contributed by atoms with Crippen molar-refractivity contribution in [3.63, 3.8) is 0 Å².